The van der Waals surface area contributed by atoms with E-state index in [0.29, 0.717) is 18.0 Å². The first kappa shape index (κ1) is 12.5. The molecule has 1 fully saturated rings. The van der Waals surface area contributed by atoms with E-state index in [1.165, 1.54) is 6.07 Å². The van der Waals surface area contributed by atoms with Gasteiger partial charge in [-0.1, -0.05) is 0 Å². The second kappa shape index (κ2) is 5.56. The Kier molecular flexibility index (Phi) is 4.07. The lowest BCUT2D eigenvalue weighted by Gasteiger charge is -2.14. The molecule has 1 N–H and O–H groups in total. The van der Waals surface area contributed by atoms with Crippen LogP contribution in [0.3, 0.4) is 0 Å². The molecule has 1 aromatic rings. The molecular weight excluding hydrogens is 224 g/mol. The van der Waals surface area contributed by atoms with Gasteiger partial charge in [0.1, 0.15) is 11.6 Å². The van der Waals surface area contributed by atoms with Crippen LogP contribution < -0.4 is 5.32 Å². The third kappa shape index (κ3) is 3.23. The van der Waals surface area contributed by atoms with E-state index in [9.17, 15) is 8.78 Å². The van der Waals surface area contributed by atoms with Crippen molar-refractivity contribution in [3.8, 4) is 0 Å². The Hall–Kier alpha value is -1.00. The average Bonchev–Trinajstić information content (AvgIpc) is 2.70. The number of ether oxygens (including phenoxy) is 1. The Balaban J connectivity index is 1.83. The normalized spacial score (nSPS) is 24.2. The zero-order valence-corrected chi connectivity index (χ0v) is 9.88. The van der Waals surface area contributed by atoms with Crippen LogP contribution in [0.2, 0.25) is 0 Å². The first-order chi connectivity index (χ1) is 8.16. The Morgan fingerprint density at radius 2 is 2.24 bits per heavy atom. The van der Waals surface area contributed by atoms with Crippen molar-refractivity contribution in [2.75, 3.05) is 13.2 Å². The lowest BCUT2D eigenvalue weighted by atomic mass is 10.0. The van der Waals surface area contributed by atoms with Crippen LogP contribution in [-0.4, -0.2) is 19.3 Å². The first-order valence-electron chi connectivity index (χ1n) is 5.93. The standard InChI is InChI=1S/C13H17F2NO/c1-9-10(4-5-17-9)7-16-8-11-6-12(14)2-3-13(11)15/h2-3,6,9-10,16H,4-5,7-8H2,1H3. The van der Waals surface area contributed by atoms with Crippen LogP contribution in [0.5, 0.6) is 0 Å². The van der Waals surface area contributed by atoms with Gasteiger partial charge in [-0.15, -0.1) is 0 Å². The van der Waals surface area contributed by atoms with Crippen molar-refractivity contribution in [2.24, 2.45) is 5.92 Å². The summed E-state index contributed by atoms with van der Waals surface area (Å²) in [6.07, 6.45) is 1.28. The van der Waals surface area contributed by atoms with Crippen molar-refractivity contribution in [2.45, 2.75) is 26.0 Å². The third-order valence-corrected chi connectivity index (χ3v) is 3.26. The number of benzene rings is 1. The molecule has 0 saturated carbocycles. The maximum Gasteiger partial charge on any atom is 0.127 e. The van der Waals surface area contributed by atoms with Crippen LogP contribution in [0.25, 0.3) is 0 Å². The molecule has 0 aromatic heterocycles. The summed E-state index contributed by atoms with van der Waals surface area (Å²) in [4.78, 5) is 0. The molecule has 1 saturated heterocycles. The van der Waals surface area contributed by atoms with Gasteiger partial charge in [0.05, 0.1) is 6.10 Å². The Labute approximate surface area is 100.0 Å². The summed E-state index contributed by atoms with van der Waals surface area (Å²) in [7, 11) is 0. The molecule has 0 spiro atoms. The molecule has 4 heteroatoms. The number of rotatable bonds is 4. The van der Waals surface area contributed by atoms with Crippen molar-refractivity contribution in [1.82, 2.24) is 5.32 Å². The molecule has 1 heterocycles. The van der Waals surface area contributed by atoms with Gasteiger partial charge in [-0.05, 0) is 37.5 Å². The molecule has 2 unspecified atom stereocenters. The second-order valence-electron chi connectivity index (χ2n) is 4.49. The lowest BCUT2D eigenvalue weighted by molar-refractivity contribution is 0.105. The lowest BCUT2D eigenvalue weighted by Crippen LogP contribution is -2.27. The fraction of sp³-hybridized carbons (Fsp3) is 0.538. The average molecular weight is 241 g/mol. The van der Waals surface area contributed by atoms with Crippen molar-refractivity contribution in [3.05, 3.63) is 35.4 Å². The molecular formula is C13H17F2NO. The monoisotopic (exact) mass is 241 g/mol. The van der Waals surface area contributed by atoms with E-state index in [-0.39, 0.29) is 11.9 Å². The predicted octanol–water partition coefficient (Wildman–Crippen LogP) is 2.48. The van der Waals surface area contributed by atoms with Gasteiger partial charge in [0, 0.05) is 25.3 Å². The minimum absolute atomic E-state index is 0.250. The van der Waals surface area contributed by atoms with Crippen LogP contribution in [0.4, 0.5) is 8.78 Å². The largest absolute Gasteiger partial charge is 0.378 e. The van der Waals surface area contributed by atoms with E-state index >= 15 is 0 Å². The zero-order valence-electron chi connectivity index (χ0n) is 9.88. The minimum atomic E-state index is -0.402. The highest BCUT2D eigenvalue weighted by Gasteiger charge is 2.23. The van der Waals surface area contributed by atoms with Gasteiger partial charge in [0.25, 0.3) is 0 Å². The summed E-state index contributed by atoms with van der Waals surface area (Å²) in [6.45, 7) is 3.97. The molecule has 1 aliphatic heterocycles. The molecule has 17 heavy (non-hydrogen) atoms. The van der Waals surface area contributed by atoms with Crippen LogP contribution in [0.15, 0.2) is 18.2 Å². The third-order valence-electron chi connectivity index (χ3n) is 3.26. The maximum atomic E-state index is 13.3. The highest BCUT2D eigenvalue weighted by atomic mass is 19.1. The number of nitrogens with one attached hydrogen (secondary N) is 1. The molecule has 1 aliphatic rings. The zero-order chi connectivity index (χ0) is 12.3. The van der Waals surface area contributed by atoms with E-state index in [1.54, 1.807) is 0 Å². The number of hydrogen-bond donors (Lipinski definition) is 1. The Morgan fingerprint density at radius 1 is 1.41 bits per heavy atom. The van der Waals surface area contributed by atoms with Crippen LogP contribution >= 0.6 is 0 Å². The molecule has 2 nitrogen and oxygen atoms in total. The van der Waals surface area contributed by atoms with Gasteiger partial charge < -0.3 is 10.1 Å². The molecule has 0 amide bonds. The SMILES string of the molecule is CC1OCCC1CNCc1cc(F)ccc1F. The van der Waals surface area contributed by atoms with Crippen LogP contribution in [0, 0.1) is 17.6 Å². The Bertz CT molecular complexity index is 384. The van der Waals surface area contributed by atoms with Crippen molar-refractivity contribution < 1.29 is 13.5 Å². The minimum Gasteiger partial charge on any atom is -0.378 e. The maximum absolute atomic E-state index is 13.3. The molecule has 0 aliphatic carbocycles. The topological polar surface area (TPSA) is 21.3 Å². The molecule has 2 atom stereocenters. The second-order valence-corrected chi connectivity index (χ2v) is 4.49. The van der Waals surface area contributed by atoms with Gasteiger partial charge in [0.15, 0.2) is 0 Å². The van der Waals surface area contributed by atoms with Gasteiger partial charge in [0.2, 0.25) is 0 Å². The first-order valence-corrected chi connectivity index (χ1v) is 5.93. The van der Waals surface area contributed by atoms with Gasteiger partial charge in [-0.3, -0.25) is 0 Å². The Morgan fingerprint density at radius 3 is 2.94 bits per heavy atom. The van der Waals surface area contributed by atoms with Crippen molar-refractivity contribution in [1.29, 1.82) is 0 Å². The van der Waals surface area contributed by atoms with Crippen molar-refractivity contribution >= 4 is 0 Å². The summed E-state index contributed by atoms with van der Waals surface area (Å²) in [5.74, 6) is -0.304. The van der Waals surface area contributed by atoms with Gasteiger partial charge in [-0.25, -0.2) is 8.78 Å². The summed E-state index contributed by atoms with van der Waals surface area (Å²) >= 11 is 0. The molecule has 2 rings (SSSR count). The van der Waals surface area contributed by atoms with E-state index in [0.717, 1.165) is 31.7 Å². The van der Waals surface area contributed by atoms with Gasteiger partial charge >= 0.3 is 0 Å². The quantitative estimate of drug-likeness (QED) is 0.874. The van der Waals surface area contributed by atoms with E-state index in [2.05, 4.69) is 5.32 Å². The van der Waals surface area contributed by atoms with E-state index in [4.69, 9.17) is 4.74 Å². The number of halogens is 2. The van der Waals surface area contributed by atoms with Crippen LogP contribution in [-0.2, 0) is 11.3 Å². The summed E-state index contributed by atoms with van der Waals surface area (Å²) in [6, 6.07) is 3.52. The molecule has 1 aromatic carbocycles. The smallest absolute Gasteiger partial charge is 0.127 e. The molecule has 94 valence electrons. The summed E-state index contributed by atoms with van der Waals surface area (Å²) in [5, 5.41) is 3.16. The van der Waals surface area contributed by atoms with E-state index < -0.39 is 5.82 Å². The predicted molar refractivity (Wildman–Crippen MR) is 61.6 cm³/mol. The van der Waals surface area contributed by atoms with E-state index in [1.807, 2.05) is 6.92 Å². The summed E-state index contributed by atoms with van der Waals surface area (Å²) < 4.78 is 31.7. The number of hydrogen-bond acceptors (Lipinski definition) is 2. The fourth-order valence-corrected chi connectivity index (χ4v) is 2.12. The molecule has 0 bridgehead atoms. The highest BCUT2D eigenvalue weighted by molar-refractivity contribution is 5.18. The van der Waals surface area contributed by atoms with Gasteiger partial charge in [-0.2, -0.15) is 0 Å². The van der Waals surface area contributed by atoms with Crippen molar-refractivity contribution in [3.63, 3.8) is 0 Å². The fourth-order valence-electron chi connectivity index (χ4n) is 2.12. The molecule has 0 radical (unpaired) electrons. The summed E-state index contributed by atoms with van der Waals surface area (Å²) in [5.41, 5.74) is 0.372. The highest BCUT2D eigenvalue weighted by Crippen LogP contribution is 2.19. The van der Waals surface area contributed by atoms with Crippen LogP contribution in [0.1, 0.15) is 18.9 Å².